The van der Waals surface area contributed by atoms with Crippen LogP contribution in [-0.2, 0) is 19.4 Å². The second-order valence-electron chi connectivity index (χ2n) is 5.94. The van der Waals surface area contributed by atoms with Gasteiger partial charge in [-0.25, -0.2) is 0 Å². The van der Waals surface area contributed by atoms with E-state index in [1.54, 1.807) is 0 Å². The van der Waals surface area contributed by atoms with Crippen molar-refractivity contribution in [3.63, 3.8) is 0 Å². The Balaban J connectivity index is 1.70. The maximum Gasteiger partial charge on any atom is 0.178 e. The standard InChI is InChI=1S/C18H18N2S/c21-18-19-16-8-4-7-15-12-14(9-10-20(18)17(15)16)11-13-5-2-1-3-6-13/h1-8,14H,9-12H2,(H,19,21). The van der Waals surface area contributed by atoms with Gasteiger partial charge in [-0.15, -0.1) is 0 Å². The Morgan fingerprint density at radius 1 is 1.10 bits per heavy atom. The molecule has 0 saturated carbocycles. The minimum atomic E-state index is 0.687. The molecule has 1 unspecified atom stereocenters. The van der Waals surface area contributed by atoms with Gasteiger partial charge in [0.2, 0.25) is 0 Å². The summed E-state index contributed by atoms with van der Waals surface area (Å²) in [5, 5.41) is 0. The van der Waals surface area contributed by atoms with Crippen molar-refractivity contribution in [1.82, 2.24) is 9.55 Å². The molecule has 0 fully saturated rings. The lowest BCUT2D eigenvalue weighted by molar-refractivity contribution is 0.456. The topological polar surface area (TPSA) is 20.7 Å². The van der Waals surface area contributed by atoms with E-state index < -0.39 is 0 Å². The Morgan fingerprint density at radius 3 is 2.81 bits per heavy atom. The van der Waals surface area contributed by atoms with Crippen LogP contribution in [0.15, 0.2) is 48.5 Å². The van der Waals surface area contributed by atoms with Crippen LogP contribution in [0.4, 0.5) is 0 Å². The fourth-order valence-electron chi connectivity index (χ4n) is 3.52. The van der Waals surface area contributed by atoms with Gasteiger partial charge in [-0.3, -0.25) is 0 Å². The van der Waals surface area contributed by atoms with E-state index in [1.807, 2.05) is 0 Å². The molecule has 4 rings (SSSR count). The number of rotatable bonds is 2. The second kappa shape index (κ2) is 5.15. The first-order valence-corrected chi connectivity index (χ1v) is 7.96. The lowest BCUT2D eigenvalue weighted by Gasteiger charge is -2.14. The number of H-pyrrole nitrogens is 1. The SMILES string of the molecule is S=c1[nH]c2cccc3c2n1CCC(Cc1ccccc1)C3. The number of imidazole rings is 1. The van der Waals surface area contributed by atoms with Gasteiger partial charge in [0.25, 0.3) is 0 Å². The molecule has 2 nitrogen and oxygen atoms in total. The summed E-state index contributed by atoms with van der Waals surface area (Å²) < 4.78 is 3.14. The third-order valence-corrected chi connectivity index (χ3v) is 4.84. The molecule has 1 N–H and O–H groups in total. The van der Waals surface area contributed by atoms with E-state index in [0.717, 1.165) is 24.2 Å². The average Bonchev–Trinajstić information content (AvgIpc) is 2.70. The van der Waals surface area contributed by atoms with E-state index in [9.17, 15) is 0 Å². The second-order valence-corrected chi connectivity index (χ2v) is 6.33. The number of nitrogens with one attached hydrogen (secondary N) is 1. The molecule has 1 aromatic heterocycles. The predicted octanol–water partition coefficient (Wildman–Crippen LogP) is 4.50. The van der Waals surface area contributed by atoms with Gasteiger partial charge in [-0.2, -0.15) is 0 Å². The van der Waals surface area contributed by atoms with Crippen LogP contribution in [0.25, 0.3) is 11.0 Å². The highest BCUT2D eigenvalue weighted by atomic mass is 32.1. The summed E-state index contributed by atoms with van der Waals surface area (Å²) in [5.74, 6) is 0.687. The molecule has 0 bridgehead atoms. The number of benzene rings is 2. The van der Waals surface area contributed by atoms with Crippen LogP contribution in [0, 0.1) is 10.7 Å². The molecule has 0 saturated heterocycles. The molecule has 1 atom stereocenters. The fourth-order valence-corrected chi connectivity index (χ4v) is 3.81. The number of para-hydroxylation sites is 1. The van der Waals surface area contributed by atoms with E-state index in [0.29, 0.717) is 5.92 Å². The molecular formula is C18H18N2S. The summed E-state index contributed by atoms with van der Waals surface area (Å²) in [6.07, 6.45) is 3.47. The summed E-state index contributed by atoms with van der Waals surface area (Å²) in [7, 11) is 0. The smallest absolute Gasteiger partial charge is 0.178 e. The molecule has 21 heavy (non-hydrogen) atoms. The Morgan fingerprint density at radius 2 is 1.95 bits per heavy atom. The normalized spacial score (nSPS) is 17.8. The lowest BCUT2D eigenvalue weighted by Crippen LogP contribution is -2.09. The number of aromatic amines is 1. The quantitative estimate of drug-likeness (QED) is 0.690. The van der Waals surface area contributed by atoms with Crippen LogP contribution in [0.1, 0.15) is 17.5 Å². The van der Waals surface area contributed by atoms with Crippen LogP contribution < -0.4 is 0 Å². The molecule has 2 aromatic carbocycles. The molecular weight excluding hydrogens is 276 g/mol. The molecule has 3 heteroatoms. The van der Waals surface area contributed by atoms with Gasteiger partial charge in [0.1, 0.15) is 0 Å². The molecule has 0 radical (unpaired) electrons. The van der Waals surface area contributed by atoms with Crippen molar-refractivity contribution >= 4 is 23.3 Å². The molecule has 2 heterocycles. The third kappa shape index (κ3) is 2.32. The number of aryl methyl sites for hydroxylation is 1. The lowest BCUT2D eigenvalue weighted by atomic mass is 9.90. The molecule has 0 spiro atoms. The van der Waals surface area contributed by atoms with Crippen LogP contribution in [-0.4, -0.2) is 9.55 Å². The van der Waals surface area contributed by atoms with E-state index in [1.165, 1.54) is 28.6 Å². The number of hydrogen-bond acceptors (Lipinski definition) is 1. The monoisotopic (exact) mass is 294 g/mol. The van der Waals surface area contributed by atoms with Crippen molar-refractivity contribution in [3.05, 3.63) is 64.4 Å². The van der Waals surface area contributed by atoms with E-state index >= 15 is 0 Å². The highest BCUT2D eigenvalue weighted by Crippen LogP contribution is 2.28. The van der Waals surface area contributed by atoms with Crippen LogP contribution >= 0.6 is 12.2 Å². The Hall–Kier alpha value is -1.87. The highest BCUT2D eigenvalue weighted by molar-refractivity contribution is 7.71. The van der Waals surface area contributed by atoms with E-state index in [2.05, 4.69) is 58.1 Å². The number of hydrogen-bond donors (Lipinski definition) is 1. The maximum absolute atomic E-state index is 5.48. The van der Waals surface area contributed by atoms with Gasteiger partial charge in [-0.05, 0) is 54.6 Å². The van der Waals surface area contributed by atoms with Gasteiger partial charge in [0.15, 0.2) is 4.77 Å². The van der Waals surface area contributed by atoms with Gasteiger partial charge >= 0.3 is 0 Å². The summed E-state index contributed by atoms with van der Waals surface area (Å²) in [6, 6.07) is 17.3. The Labute approximate surface area is 129 Å². The predicted molar refractivity (Wildman–Crippen MR) is 89.1 cm³/mol. The van der Waals surface area contributed by atoms with Crippen molar-refractivity contribution in [2.45, 2.75) is 25.8 Å². The summed E-state index contributed by atoms with van der Waals surface area (Å²) in [6.45, 7) is 1.02. The maximum atomic E-state index is 5.48. The van der Waals surface area contributed by atoms with Crippen LogP contribution in [0.5, 0.6) is 0 Å². The van der Waals surface area contributed by atoms with Crippen LogP contribution in [0.3, 0.4) is 0 Å². The molecule has 1 aliphatic rings. The Bertz CT molecular complexity index is 829. The van der Waals surface area contributed by atoms with E-state index in [-0.39, 0.29) is 0 Å². The molecule has 3 aromatic rings. The van der Waals surface area contributed by atoms with Gasteiger partial charge in [0.05, 0.1) is 11.0 Å². The minimum absolute atomic E-state index is 0.687. The number of aromatic nitrogens is 2. The first-order valence-electron chi connectivity index (χ1n) is 7.55. The zero-order chi connectivity index (χ0) is 14.2. The Kier molecular flexibility index (Phi) is 3.15. The first-order chi connectivity index (χ1) is 10.3. The van der Waals surface area contributed by atoms with Crippen molar-refractivity contribution < 1.29 is 0 Å². The zero-order valence-electron chi connectivity index (χ0n) is 11.9. The van der Waals surface area contributed by atoms with Crippen LogP contribution in [0.2, 0.25) is 0 Å². The molecule has 0 aliphatic carbocycles. The third-order valence-electron chi connectivity index (χ3n) is 4.51. The minimum Gasteiger partial charge on any atom is -0.331 e. The molecule has 0 amide bonds. The van der Waals surface area contributed by atoms with Gasteiger partial charge in [0, 0.05) is 6.54 Å². The summed E-state index contributed by atoms with van der Waals surface area (Å²) >= 11 is 5.48. The van der Waals surface area contributed by atoms with Gasteiger partial charge < -0.3 is 9.55 Å². The van der Waals surface area contributed by atoms with Crippen molar-refractivity contribution in [2.75, 3.05) is 0 Å². The molecule has 1 aliphatic heterocycles. The summed E-state index contributed by atoms with van der Waals surface area (Å²) in [4.78, 5) is 3.33. The zero-order valence-corrected chi connectivity index (χ0v) is 12.7. The van der Waals surface area contributed by atoms with Crippen molar-refractivity contribution in [1.29, 1.82) is 0 Å². The highest BCUT2D eigenvalue weighted by Gasteiger charge is 2.19. The summed E-state index contributed by atoms with van der Waals surface area (Å²) in [5.41, 5.74) is 5.36. The van der Waals surface area contributed by atoms with E-state index in [4.69, 9.17) is 12.2 Å². The average molecular weight is 294 g/mol. The van der Waals surface area contributed by atoms with Crippen molar-refractivity contribution in [3.8, 4) is 0 Å². The van der Waals surface area contributed by atoms with Gasteiger partial charge in [-0.1, -0.05) is 42.5 Å². The molecule has 106 valence electrons. The number of nitrogens with zero attached hydrogens (tertiary/aromatic N) is 1. The fraction of sp³-hybridized carbons (Fsp3) is 0.278. The van der Waals surface area contributed by atoms with Crippen molar-refractivity contribution in [2.24, 2.45) is 5.92 Å². The first kappa shape index (κ1) is 12.8. The largest absolute Gasteiger partial charge is 0.331 e.